The van der Waals surface area contributed by atoms with Crippen LogP contribution in [0.5, 0.6) is 0 Å². The Balaban J connectivity index is 2.57. The third-order valence-corrected chi connectivity index (χ3v) is 3.03. The van der Waals surface area contributed by atoms with Crippen LogP contribution in [0.3, 0.4) is 0 Å². The van der Waals surface area contributed by atoms with Crippen molar-refractivity contribution in [1.82, 2.24) is 0 Å². The number of esters is 1. The van der Waals surface area contributed by atoms with Gasteiger partial charge in [0.2, 0.25) is 0 Å². The highest BCUT2D eigenvalue weighted by atomic mass is 79.9. The molecule has 0 N–H and O–H groups in total. The second-order valence-electron chi connectivity index (χ2n) is 3.91. The number of alkyl halides is 2. The van der Waals surface area contributed by atoms with Gasteiger partial charge in [0.1, 0.15) is 6.61 Å². The van der Waals surface area contributed by atoms with Crippen LogP contribution in [0.15, 0.2) is 42.0 Å². The van der Waals surface area contributed by atoms with E-state index in [0.717, 1.165) is 11.1 Å². The van der Waals surface area contributed by atoms with Crippen molar-refractivity contribution < 1.29 is 9.53 Å². The first-order valence-corrected chi connectivity index (χ1v) is 7.56. The van der Waals surface area contributed by atoms with Crippen molar-refractivity contribution in [3.63, 3.8) is 0 Å². The van der Waals surface area contributed by atoms with Gasteiger partial charge in [-0.1, -0.05) is 58.4 Å². The lowest BCUT2D eigenvalue weighted by molar-refractivity contribution is -0.138. The van der Waals surface area contributed by atoms with Gasteiger partial charge in [0.15, 0.2) is 0 Å². The zero-order valence-electron chi connectivity index (χ0n) is 10.7. The van der Waals surface area contributed by atoms with Gasteiger partial charge in [-0.25, -0.2) is 4.79 Å². The Morgan fingerprint density at radius 1 is 1.37 bits per heavy atom. The van der Waals surface area contributed by atoms with Gasteiger partial charge in [-0.15, -0.1) is 11.6 Å². The molecule has 1 rings (SSSR count). The molecule has 1 aromatic carbocycles. The van der Waals surface area contributed by atoms with E-state index < -0.39 is 0 Å². The summed E-state index contributed by atoms with van der Waals surface area (Å²) in [6, 6.07) is 7.93. The van der Waals surface area contributed by atoms with Crippen LogP contribution in [-0.2, 0) is 15.4 Å². The largest absolute Gasteiger partial charge is 0.461 e. The molecular formula is C15H16BrClO2. The van der Waals surface area contributed by atoms with Crippen molar-refractivity contribution >= 4 is 39.6 Å². The molecule has 0 amide bonds. The summed E-state index contributed by atoms with van der Waals surface area (Å²) in [5, 5.41) is 0.648. The van der Waals surface area contributed by atoms with E-state index in [1.165, 1.54) is 0 Å². The first-order chi connectivity index (χ1) is 9.17. The summed E-state index contributed by atoms with van der Waals surface area (Å²) in [5.74, 6) is 0.226. The van der Waals surface area contributed by atoms with Gasteiger partial charge in [-0.3, -0.25) is 0 Å². The molecule has 0 saturated carbocycles. The number of benzene rings is 1. The van der Waals surface area contributed by atoms with E-state index in [0.29, 0.717) is 23.4 Å². The van der Waals surface area contributed by atoms with E-state index >= 15 is 0 Å². The Morgan fingerprint density at radius 2 is 2.05 bits per heavy atom. The van der Waals surface area contributed by atoms with Gasteiger partial charge in [-0.05, 0) is 18.1 Å². The molecule has 0 heterocycles. The van der Waals surface area contributed by atoms with Gasteiger partial charge < -0.3 is 4.74 Å². The Hall–Kier alpha value is -1.06. The summed E-state index contributed by atoms with van der Waals surface area (Å²) >= 11 is 8.92. The fraction of sp³-hybridized carbons (Fsp3) is 0.267. The molecule has 0 atom stereocenters. The maximum atomic E-state index is 11.5. The van der Waals surface area contributed by atoms with Crippen LogP contribution < -0.4 is 0 Å². The predicted molar refractivity (Wildman–Crippen MR) is 83.5 cm³/mol. The average Bonchev–Trinajstić information content (AvgIpc) is 2.45. The summed E-state index contributed by atoms with van der Waals surface area (Å²) in [6.45, 7) is 2.12. The molecule has 0 spiro atoms. The predicted octanol–water partition coefficient (Wildman–Crippen LogP) is 4.32. The Bertz CT molecular complexity index is 464. The van der Waals surface area contributed by atoms with Crippen molar-refractivity contribution in [1.29, 1.82) is 0 Å². The van der Waals surface area contributed by atoms with Crippen molar-refractivity contribution in [2.24, 2.45) is 0 Å². The minimum Gasteiger partial charge on any atom is -0.461 e. The van der Waals surface area contributed by atoms with Gasteiger partial charge in [-0.2, -0.15) is 0 Å². The molecule has 4 heteroatoms. The van der Waals surface area contributed by atoms with Crippen molar-refractivity contribution in [2.75, 3.05) is 11.9 Å². The summed E-state index contributed by atoms with van der Waals surface area (Å²) in [6.07, 6.45) is 5.51. The molecule has 102 valence electrons. The number of rotatable bonds is 6. The number of ether oxygens (including phenoxy) is 1. The van der Waals surface area contributed by atoms with E-state index in [9.17, 15) is 4.79 Å². The highest BCUT2D eigenvalue weighted by molar-refractivity contribution is 9.09. The standard InChI is InChI=1S/C15H16BrClO2/c1-12(15(18)19-10-9-16)3-2-4-13-5-7-14(11-17)8-6-13/h2-8H,9-11H2,1H3. The van der Waals surface area contributed by atoms with Gasteiger partial charge in [0.25, 0.3) is 0 Å². The fourth-order valence-corrected chi connectivity index (χ4v) is 1.67. The van der Waals surface area contributed by atoms with Crippen LogP contribution in [-0.4, -0.2) is 17.9 Å². The molecule has 0 aliphatic carbocycles. The highest BCUT2D eigenvalue weighted by Crippen LogP contribution is 2.08. The van der Waals surface area contributed by atoms with Crippen molar-refractivity contribution in [3.8, 4) is 0 Å². The topological polar surface area (TPSA) is 26.3 Å². The lowest BCUT2D eigenvalue weighted by Gasteiger charge is -2.01. The number of allylic oxidation sites excluding steroid dienone is 2. The Labute approximate surface area is 127 Å². The SMILES string of the molecule is CC(=CC=Cc1ccc(CCl)cc1)C(=O)OCCBr. The molecule has 0 aliphatic heterocycles. The maximum absolute atomic E-state index is 11.5. The fourth-order valence-electron chi connectivity index (χ4n) is 1.33. The smallest absolute Gasteiger partial charge is 0.333 e. The number of halogens is 2. The van der Waals surface area contributed by atoms with Crippen LogP contribution in [0.1, 0.15) is 18.1 Å². The lowest BCUT2D eigenvalue weighted by atomic mass is 10.1. The molecule has 0 aliphatic rings. The molecule has 0 fully saturated rings. The second kappa shape index (κ2) is 8.94. The molecule has 0 radical (unpaired) electrons. The minimum absolute atomic E-state index is 0.290. The third kappa shape index (κ3) is 6.08. The first kappa shape index (κ1) is 16.0. The van der Waals surface area contributed by atoms with Crippen LogP contribution in [0, 0.1) is 0 Å². The highest BCUT2D eigenvalue weighted by Gasteiger charge is 2.02. The summed E-state index contributed by atoms with van der Waals surface area (Å²) in [5.41, 5.74) is 2.73. The number of carbonyl (C=O) groups is 1. The van der Waals surface area contributed by atoms with Crippen molar-refractivity contribution in [2.45, 2.75) is 12.8 Å². The summed E-state index contributed by atoms with van der Waals surface area (Å²) < 4.78 is 4.98. The van der Waals surface area contributed by atoms with Gasteiger partial charge >= 0.3 is 5.97 Å². The van der Waals surface area contributed by atoms with Gasteiger partial charge in [0, 0.05) is 16.8 Å². The van der Waals surface area contributed by atoms with E-state index in [1.807, 2.05) is 36.4 Å². The van der Waals surface area contributed by atoms with Crippen LogP contribution in [0.2, 0.25) is 0 Å². The van der Waals surface area contributed by atoms with Gasteiger partial charge in [0.05, 0.1) is 0 Å². The molecule has 0 saturated heterocycles. The minimum atomic E-state index is -0.290. The van der Waals surface area contributed by atoms with E-state index in [4.69, 9.17) is 16.3 Å². The summed E-state index contributed by atoms with van der Waals surface area (Å²) in [7, 11) is 0. The third-order valence-electron chi connectivity index (χ3n) is 2.40. The van der Waals surface area contributed by atoms with E-state index in [1.54, 1.807) is 13.0 Å². The molecule has 2 nitrogen and oxygen atoms in total. The molecule has 0 aromatic heterocycles. The maximum Gasteiger partial charge on any atom is 0.333 e. The number of hydrogen-bond acceptors (Lipinski definition) is 2. The monoisotopic (exact) mass is 342 g/mol. The Kier molecular flexibility index (Phi) is 7.53. The molecule has 0 unspecified atom stereocenters. The second-order valence-corrected chi connectivity index (χ2v) is 4.97. The van der Waals surface area contributed by atoms with Crippen molar-refractivity contribution in [3.05, 3.63) is 53.1 Å². The normalized spacial score (nSPS) is 11.8. The summed E-state index contributed by atoms with van der Waals surface area (Å²) in [4.78, 5) is 11.5. The average molecular weight is 344 g/mol. The zero-order chi connectivity index (χ0) is 14.1. The molecule has 1 aromatic rings. The first-order valence-electron chi connectivity index (χ1n) is 5.90. The van der Waals surface area contributed by atoms with E-state index in [-0.39, 0.29) is 5.97 Å². The molecular weight excluding hydrogens is 328 g/mol. The zero-order valence-corrected chi connectivity index (χ0v) is 13.1. The van der Waals surface area contributed by atoms with Crippen LogP contribution in [0.25, 0.3) is 6.08 Å². The molecule has 0 bridgehead atoms. The lowest BCUT2D eigenvalue weighted by Crippen LogP contribution is -2.07. The molecule has 19 heavy (non-hydrogen) atoms. The van der Waals surface area contributed by atoms with E-state index in [2.05, 4.69) is 15.9 Å². The van der Waals surface area contributed by atoms with Crippen LogP contribution >= 0.6 is 27.5 Å². The number of carbonyl (C=O) groups excluding carboxylic acids is 1. The Morgan fingerprint density at radius 3 is 2.63 bits per heavy atom. The van der Waals surface area contributed by atoms with Crippen LogP contribution in [0.4, 0.5) is 0 Å². The number of hydrogen-bond donors (Lipinski definition) is 0. The quantitative estimate of drug-likeness (QED) is 0.333.